The van der Waals surface area contributed by atoms with Crippen LogP contribution in [0.15, 0.2) is 60.7 Å². The molecular formula is C23H12Cl2N2O7. The van der Waals surface area contributed by atoms with E-state index in [-0.39, 0.29) is 43.7 Å². The Balaban J connectivity index is 1.52. The van der Waals surface area contributed by atoms with E-state index in [1.54, 1.807) is 0 Å². The molecule has 0 unspecified atom stereocenters. The lowest BCUT2D eigenvalue weighted by Gasteiger charge is -2.15. The molecule has 11 heteroatoms. The van der Waals surface area contributed by atoms with Crippen molar-refractivity contribution < 1.29 is 28.8 Å². The summed E-state index contributed by atoms with van der Waals surface area (Å²) in [4.78, 5) is 61.5. The van der Waals surface area contributed by atoms with E-state index in [1.807, 2.05) is 0 Å². The molecule has 0 atom stereocenters. The number of nitro groups is 1. The number of non-ortho nitro benzene ring substituents is 1. The van der Waals surface area contributed by atoms with Crippen LogP contribution in [0.4, 0.5) is 11.4 Å². The maximum absolute atomic E-state index is 12.9. The highest BCUT2D eigenvalue weighted by molar-refractivity contribution is 6.46. The topological polar surface area (TPSA) is 124 Å². The second kappa shape index (κ2) is 9.05. The molecule has 0 saturated carbocycles. The van der Waals surface area contributed by atoms with Gasteiger partial charge in [0.2, 0.25) is 5.78 Å². The van der Waals surface area contributed by atoms with E-state index in [0.29, 0.717) is 0 Å². The van der Waals surface area contributed by atoms with Gasteiger partial charge in [0, 0.05) is 17.7 Å². The summed E-state index contributed by atoms with van der Waals surface area (Å²) in [6, 6.07) is 13.3. The second-order valence-electron chi connectivity index (χ2n) is 7.09. The average molecular weight is 499 g/mol. The number of amides is 2. The van der Waals surface area contributed by atoms with E-state index < -0.39 is 35.1 Å². The van der Waals surface area contributed by atoms with Crippen molar-refractivity contribution in [1.82, 2.24) is 0 Å². The zero-order valence-corrected chi connectivity index (χ0v) is 18.5. The van der Waals surface area contributed by atoms with Crippen LogP contribution in [0.2, 0.25) is 10.0 Å². The molecule has 9 nitrogen and oxygen atoms in total. The van der Waals surface area contributed by atoms with Gasteiger partial charge < -0.3 is 4.74 Å². The van der Waals surface area contributed by atoms with Crippen LogP contribution < -0.4 is 4.90 Å². The fourth-order valence-electron chi connectivity index (χ4n) is 3.34. The molecule has 34 heavy (non-hydrogen) atoms. The highest BCUT2D eigenvalue weighted by Gasteiger charge is 2.38. The van der Waals surface area contributed by atoms with Gasteiger partial charge in [-0.3, -0.25) is 24.5 Å². The van der Waals surface area contributed by atoms with E-state index >= 15 is 0 Å². The molecule has 0 fully saturated rings. The number of nitrogens with zero attached hydrogens (tertiary/aromatic N) is 2. The van der Waals surface area contributed by atoms with Gasteiger partial charge in [0.25, 0.3) is 17.5 Å². The summed E-state index contributed by atoms with van der Waals surface area (Å²) in [6.07, 6.45) is 0. The number of halogens is 2. The number of nitro benzene ring substituents is 1. The molecule has 1 aliphatic rings. The molecule has 0 radical (unpaired) electrons. The number of fused-ring (bicyclic) bond motifs is 1. The van der Waals surface area contributed by atoms with Gasteiger partial charge in [-0.2, -0.15) is 0 Å². The van der Waals surface area contributed by atoms with Crippen LogP contribution in [0, 0.1) is 10.1 Å². The first-order valence-electron chi connectivity index (χ1n) is 9.60. The van der Waals surface area contributed by atoms with Crippen LogP contribution in [0.3, 0.4) is 0 Å². The fourth-order valence-corrected chi connectivity index (χ4v) is 3.72. The summed E-state index contributed by atoms with van der Waals surface area (Å²) < 4.78 is 5.01. The lowest BCUT2D eigenvalue weighted by molar-refractivity contribution is -0.384. The molecule has 0 spiro atoms. The third-order valence-electron chi connectivity index (χ3n) is 5.01. The second-order valence-corrected chi connectivity index (χ2v) is 7.87. The Kier molecular flexibility index (Phi) is 6.14. The molecule has 0 aliphatic carbocycles. The quantitative estimate of drug-likeness (QED) is 0.158. The first-order valence-corrected chi connectivity index (χ1v) is 10.4. The maximum atomic E-state index is 12.9. The van der Waals surface area contributed by atoms with Crippen molar-refractivity contribution in [1.29, 1.82) is 0 Å². The minimum absolute atomic E-state index is 0.00534. The van der Waals surface area contributed by atoms with E-state index in [2.05, 4.69) is 0 Å². The van der Waals surface area contributed by atoms with Crippen LogP contribution >= 0.6 is 23.2 Å². The Morgan fingerprint density at radius 2 is 1.62 bits per heavy atom. The summed E-state index contributed by atoms with van der Waals surface area (Å²) in [5.74, 6) is -2.90. The first-order chi connectivity index (χ1) is 16.2. The molecule has 170 valence electrons. The van der Waals surface area contributed by atoms with Crippen LogP contribution in [0.5, 0.6) is 0 Å². The molecule has 4 rings (SSSR count). The van der Waals surface area contributed by atoms with Crippen LogP contribution in [-0.2, 0) is 4.74 Å². The number of anilines is 1. The number of ether oxygens (including phenoxy) is 1. The van der Waals surface area contributed by atoms with Gasteiger partial charge in [-0.1, -0.05) is 41.4 Å². The number of hydrogen-bond donors (Lipinski definition) is 0. The van der Waals surface area contributed by atoms with Crippen molar-refractivity contribution in [3.8, 4) is 0 Å². The molecule has 2 amide bonds. The Morgan fingerprint density at radius 1 is 0.912 bits per heavy atom. The molecule has 3 aromatic carbocycles. The molecule has 1 heterocycles. The highest BCUT2D eigenvalue weighted by atomic mass is 35.5. The normalized spacial score (nSPS) is 12.5. The van der Waals surface area contributed by atoms with E-state index in [0.717, 1.165) is 11.0 Å². The van der Waals surface area contributed by atoms with Crippen LogP contribution in [0.25, 0.3) is 0 Å². The van der Waals surface area contributed by atoms with Gasteiger partial charge in [-0.15, -0.1) is 0 Å². The average Bonchev–Trinajstić information content (AvgIpc) is 3.08. The van der Waals surface area contributed by atoms with E-state index in [1.165, 1.54) is 54.6 Å². The number of Topliss-reactive ketones (excluding diaryl/α,β-unsaturated/α-hetero) is 1. The van der Waals surface area contributed by atoms with Crippen molar-refractivity contribution in [2.75, 3.05) is 11.5 Å². The standard InChI is InChI=1S/C23H12Cl2N2O7/c24-17-5-2-6-18(20(17)25)26-21(29)15-8-7-13(10-16(15)22(26)30)23(31)34-11-19(28)12-3-1-4-14(9-12)27(32)33/h1-10H,11H2. The van der Waals surface area contributed by atoms with E-state index in [9.17, 15) is 29.3 Å². The van der Waals surface area contributed by atoms with Crippen LogP contribution in [0.1, 0.15) is 41.4 Å². The number of rotatable bonds is 6. The minimum Gasteiger partial charge on any atom is -0.454 e. The van der Waals surface area contributed by atoms with Gasteiger partial charge in [-0.05, 0) is 30.3 Å². The Hall–Kier alpha value is -4.08. The Bertz CT molecular complexity index is 1400. The molecule has 0 N–H and O–H groups in total. The number of carbonyl (C=O) groups is 4. The SMILES string of the molecule is O=C(COC(=O)c1ccc2c(c1)C(=O)N(c1cccc(Cl)c1Cl)C2=O)c1cccc([N+](=O)[O-])c1. The number of hydrogen-bond acceptors (Lipinski definition) is 7. The largest absolute Gasteiger partial charge is 0.454 e. The number of carbonyl (C=O) groups excluding carboxylic acids is 4. The van der Waals surface area contributed by atoms with Gasteiger partial charge in [0.05, 0.1) is 37.3 Å². The summed E-state index contributed by atoms with van der Waals surface area (Å²) >= 11 is 12.1. The zero-order valence-electron chi connectivity index (χ0n) is 17.0. The monoisotopic (exact) mass is 498 g/mol. The van der Waals surface area contributed by atoms with Crippen molar-refractivity contribution >= 4 is 58.1 Å². The number of imide groups is 1. The summed E-state index contributed by atoms with van der Waals surface area (Å²) in [6.45, 7) is -0.672. The number of benzene rings is 3. The molecular weight excluding hydrogens is 487 g/mol. The van der Waals surface area contributed by atoms with Crippen molar-refractivity contribution in [3.63, 3.8) is 0 Å². The lowest BCUT2D eigenvalue weighted by atomic mass is 10.1. The van der Waals surface area contributed by atoms with Crippen molar-refractivity contribution in [2.45, 2.75) is 0 Å². The van der Waals surface area contributed by atoms with Crippen molar-refractivity contribution in [3.05, 3.63) is 103 Å². The third-order valence-corrected chi connectivity index (χ3v) is 5.82. The van der Waals surface area contributed by atoms with Gasteiger partial charge in [0.1, 0.15) is 0 Å². The van der Waals surface area contributed by atoms with E-state index in [4.69, 9.17) is 27.9 Å². The summed E-state index contributed by atoms with van der Waals surface area (Å²) in [5, 5.41) is 11.0. The highest BCUT2D eigenvalue weighted by Crippen LogP contribution is 2.37. The smallest absolute Gasteiger partial charge is 0.338 e. The van der Waals surface area contributed by atoms with Gasteiger partial charge in [-0.25, -0.2) is 9.69 Å². The summed E-state index contributed by atoms with van der Waals surface area (Å²) in [5.41, 5.74) is -0.210. The molecule has 3 aromatic rings. The van der Waals surface area contributed by atoms with Crippen LogP contribution in [-0.4, -0.2) is 35.1 Å². The Labute approximate surface area is 201 Å². The fraction of sp³-hybridized carbons (Fsp3) is 0.0435. The molecule has 1 aliphatic heterocycles. The molecule has 0 bridgehead atoms. The van der Waals surface area contributed by atoms with Gasteiger partial charge in [0.15, 0.2) is 6.61 Å². The predicted molar refractivity (Wildman–Crippen MR) is 122 cm³/mol. The predicted octanol–water partition coefficient (Wildman–Crippen LogP) is 4.74. The third kappa shape index (κ3) is 4.14. The number of ketones is 1. The molecule has 0 saturated heterocycles. The first kappa shape index (κ1) is 23.1. The Morgan fingerprint density at radius 3 is 2.35 bits per heavy atom. The lowest BCUT2D eigenvalue weighted by Crippen LogP contribution is -2.29. The minimum atomic E-state index is -0.916. The summed E-state index contributed by atoms with van der Waals surface area (Å²) in [7, 11) is 0. The van der Waals surface area contributed by atoms with Gasteiger partial charge >= 0.3 is 5.97 Å². The van der Waals surface area contributed by atoms with Crippen molar-refractivity contribution in [2.24, 2.45) is 0 Å². The zero-order chi connectivity index (χ0) is 24.6. The maximum Gasteiger partial charge on any atom is 0.338 e. The molecule has 0 aromatic heterocycles. The number of esters is 1.